The van der Waals surface area contributed by atoms with Crippen LogP contribution in [-0.4, -0.2) is 43.5 Å². The van der Waals surface area contributed by atoms with E-state index in [1.807, 2.05) is 49.3 Å². The predicted molar refractivity (Wildman–Crippen MR) is 108 cm³/mol. The van der Waals surface area contributed by atoms with Gasteiger partial charge in [-0.1, -0.05) is 0 Å². The summed E-state index contributed by atoms with van der Waals surface area (Å²) < 4.78 is 10.6. The van der Waals surface area contributed by atoms with Gasteiger partial charge in [-0.05, 0) is 56.2 Å². The molecule has 1 unspecified atom stereocenters. The number of aryl methyl sites for hydroxylation is 1. The highest BCUT2D eigenvalue weighted by atomic mass is 16.5. The molecular formula is C21H25N3O4. The van der Waals surface area contributed by atoms with Crippen LogP contribution >= 0.6 is 0 Å². The molecule has 0 fully saturated rings. The lowest BCUT2D eigenvalue weighted by Gasteiger charge is -2.22. The number of carbonyl (C=O) groups is 1. The van der Waals surface area contributed by atoms with Crippen molar-refractivity contribution in [2.24, 2.45) is 0 Å². The Morgan fingerprint density at radius 3 is 2.79 bits per heavy atom. The fraction of sp³-hybridized carbons (Fsp3) is 0.333. The fourth-order valence-corrected chi connectivity index (χ4v) is 3.10. The number of carbonyl (C=O) groups excluding carboxylic acids is 1. The van der Waals surface area contributed by atoms with E-state index in [1.165, 1.54) is 0 Å². The van der Waals surface area contributed by atoms with Gasteiger partial charge in [-0.15, -0.1) is 0 Å². The number of aromatic nitrogens is 1. The molecule has 148 valence electrons. The Labute approximate surface area is 163 Å². The molecule has 7 heteroatoms. The van der Waals surface area contributed by atoms with Crippen LogP contribution in [-0.2, 0) is 11.2 Å². The van der Waals surface area contributed by atoms with Crippen molar-refractivity contribution in [3.05, 3.63) is 64.3 Å². The van der Waals surface area contributed by atoms with Gasteiger partial charge in [0.25, 0.3) is 5.56 Å². The zero-order chi connectivity index (χ0) is 20.1. The number of hydrogen-bond donors (Lipinski definition) is 2. The summed E-state index contributed by atoms with van der Waals surface area (Å²) in [6.07, 6.45) is 2.23. The molecule has 0 saturated carbocycles. The van der Waals surface area contributed by atoms with Crippen LogP contribution in [0.2, 0.25) is 0 Å². The maximum atomic E-state index is 12.3. The minimum absolute atomic E-state index is 0.0435. The molecule has 0 radical (unpaired) electrons. The molecule has 0 spiro atoms. The van der Waals surface area contributed by atoms with Crippen LogP contribution in [0.4, 0.5) is 0 Å². The maximum Gasteiger partial charge on any atom is 0.251 e. The van der Waals surface area contributed by atoms with E-state index in [4.69, 9.17) is 9.15 Å². The van der Waals surface area contributed by atoms with Crippen molar-refractivity contribution >= 4 is 16.8 Å². The Bertz CT molecular complexity index is 993. The largest absolute Gasteiger partial charge is 0.497 e. The van der Waals surface area contributed by atoms with Gasteiger partial charge in [0.1, 0.15) is 11.5 Å². The van der Waals surface area contributed by atoms with E-state index < -0.39 is 0 Å². The normalized spacial score (nSPS) is 12.3. The van der Waals surface area contributed by atoms with Crippen LogP contribution in [0.15, 0.2) is 51.9 Å². The van der Waals surface area contributed by atoms with E-state index in [2.05, 4.69) is 10.3 Å². The van der Waals surface area contributed by atoms with Crippen LogP contribution < -0.4 is 15.6 Å². The number of ether oxygens (including phenoxy) is 1. The second kappa shape index (κ2) is 8.75. The molecule has 0 aliphatic rings. The van der Waals surface area contributed by atoms with Crippen LogP contribution in [0.5, 0.6) is 5.75 Å². The molecule has 1 aromatic carbocycles. The van der Waals surface area contributed by atoms with Gasteiger partial charge in [0.2, 0.25) is 5.91 Å². The number of H-pyrrole nitrogens is 1. The zero-order valence-electron chi connectivity index (χ0n) is 16.3. The smallest absolute Gasteiger partial charge is 0.251 e. The average molecular weight is 383 g/mol. The van der Waals surface area contributed by atoms with Crippen molar-refractivity contribution in [3.63, 3.8) is 0 Å². The monoisotopic (exact) mass is 383 g/mol. The summed E-state index contributed by atoms with van der Waals surface area (Å²) in [5, 5.41) is 3.83. The van der Waals surface area contributed by atoms with E-state index in [1.54, 1.807) is 19.4 Å². The second-order valence-electron chi connectivity index (χ2n) is 6.88. The van der Waals surface area contributed by atoms with E-state index in [0.29, 0.717) is 29.8 Å². The number of rotatable bonds is 8. The lowest BCUT2D eigenvalue weighted by molar-refractivity contribution is -0.121. The molecule has 0 saturated heterocycles. The fourth-order valence-electron chi connectivity index (χ4n) is 3.10. The molecule has 1 amide bonds. The molecule has 2 heterocycles. The van der Waals surface area contributed by atoms with Crippen molar-refractivity contribution in [2.75, 3.05) is 27.7 Å². The molecule has 1 atom stereocenters. The number of hydrogen-bond acceptors (Lipinski definition) is 5. The third-order valence-corrected chi connectivity index (χ3v) is 4.74. The number of likely N-dealkylation sites (N-methyl/N-ethyl adjacent to an activating group) is 1. The first kappa shape index (κ1) is 19.7. The van der Waals surface area contributed by atoms with Crippen molar-refractivity contribution < 1.29 is 13.9 Å². The summed E-state index contributed by atoms with van der Waals surface area (Å²) in [5.74, 6) is 1.38. The summed E-state index contributed by atoms with van der Waals surface area (Å²) in [5.41, 5.74) is 1.11. The van der Waals surface area contributed by atoms with Gasteiger partial charge in [0, 0.05) is 24.6 Å². The van der Waals surface area contributed by atoms with E-state index in [-0.39, 0.29) is 23.9 Å². The van der Waals surface area contributed by atoms with Gasteiger partial charge in [-0.3, -0.25) is 14.5 Å². The summed E-state index contributed by atoms with van der Waals surface area (Å²) in [6, 6.07) is 11.0. The van der Waals surface area contributed by atoms with Crippen LogP contribution in [0.25, 0.3) is 10.9 Å². The summed E-state index contributed by atoms with van der Waals surface area (Å²) in [7, 11) is 5.45. The van der Waals surface area contributed by atoms with E-state index >= 15 is 0 Å². The summed E-state index contributed by atoms with van der Waals surface area (Å²) in [6.45, 7) is 0.438. The van der Waals surface area contributed by atoms with Gasteiger partial charge in [-0.25, -0.2) is 0 Å². The lowest BCUT2D eigenvalue weighted by atomic mass is 10.1. The van der Waals surface area contributed by atoms with Crippen LogP contribution in [0, 0.1) is 0 Å². The Morgan fingerprint density at radius 2 is 2.11 bits per heavy atom. The third kappa shape index (κ3) is 4.61. The molecule has 7 nitrogen and oxygen atoms in total. The maximum absolute atomic E-state index is 12.3. The number of aromatic amines is 1. The number of fused-ring (bicyclic) bond motifs is 1. The number of amides is 1. The van der Waals surface area contributed by atoms with Gasteiger partial charge in [-0.2, -0.15) is 0 Å². The third-order valence-electron chi connectivity index (χ3n) is 4.74. The van der Waals surface area contributed by atoms with Gasteiger partial charge in [0.05, 0.1) is 24.9 Å². The molecule has 3 aromatic rings. The molecule has 28 heavy (non-hydrogen) atoms. The van der Waals surface area contributed by atoms with Crippen LogP contribution in [0.1, 0.15) is 23.8 Å². The molecule has 0 aliphatic heterocycles. The highest BCUT2D eigenvalue weighted by molar-refractivity contribution is 5.81. The molecule has 0 bridgehead atoms. The van der Waals surface area contributed by atoms with Crippen LogP contribution in [0.3, 0.4) is 0 Å². The number of pyridine rings is 1. The Kier molecular flexibility index (Phi) is 6.16. The number of benzene rings is 1. The summed E-state index contributed by atoms with van der Waals surface area (Å²) in [4.78, 5) is 29.4. The highest BCUT2D eigenvalue weighted by Gasteiger charge is 2.18. The number of methoxy groups -OCH3 is 1. The van der Waals surface area contributed by atoms with Crippen molar-refractivity contribution in [1.29, 1.82) is 0 Å². The SMILES string of the molecule is COc1ccc2cc(CCC(=O)NCC(c3ccco3)N(C)C)c(=O)[nH]c2c1. The van der Waals surface area contributed by atoms with Gasteiger partial charge >= 0.3 is 0 Å². The summed E-state index contributed by atoms with van der Waals surface area (Å²) >= 11 is 0. The molecular weight excluding hydrogens is 358 g/mol. The number of furan rings is 1. The Balaban J connectivity index is 1.61. The molecule has 2 aromatic heterocycles. The number of nitrogens with zero attached hydrogens (tertiary/aromatic N) is 1. The minimum atomic E-state index is -0.185. The van der Waals surface area contributed by atoms with Crippen molar-refractivity contribution in [2.45, 2.75) is 18.9 Å². The molecule has 2 N–H and O–H groups in total. The highest BCUT2D eigenvalue weighted by Crippen LogP contribution is 2.19. The second-order valence-corrected chi connectivity index (χ2v) is 6.88. The first-order valence-electron chi connectivity index (χ1n) is 9.14. The van der Waals surface area contributed by atoms with E-state index in [0.717, 1.165) is 11.1 Å². The first-order valence-corrected chi connectivity index (χ1v) is 9.14. The standard InChI is InChI=1S/C21H25N3O4/c1-24(2)18(19-5-4-10-28-19)13-22-20(25)9-7-15-11-14-6-8-16(27-3)12-17(14)23-21(15)26/h4-6,8,10-12,18H,7,9,13H2,1-3H3,(H,22,25)(H,23,26). The Morgan fingerprint density at radius 1 is 1.29 bits per heavy atom. The van der Waals surface area contributed by atoms with Gasteiger partial charge < -0.3 is 19.5 Å². The van der Waals surface area contributed by atoms with Gasteiger partial charge in [0.15, 0.2) is 0 Å². The predicted octanol–water partition coefficient (Wildman–Crippen LogP) is 2.48. The molecule has 0 aliphatic carbocycles. The van der Waals surface area contributed by atoms with E-state index in [9.17, 15) is 9.59 Å². The minimum Gasteiger partial charge on any atom is -0.497 e. The van der Waals surface area contributed by atoms with Crippen molar-refractivity contribution in [1.82, 2.24) is 15.2 Å². The number of nitrogens with one attached hydrogen (secondary N) is 2. The first-order chi connectivity index (χ1) is 13.5. The zero-order valence-corrected chi connectivity index (χ0v) is 16.3. The molecule has 3 rings (SSSR count). The lowest BCUT2D eigenvalue weighted by Crippen LogP contribution is -2.34. The quantitative estimate of drug-likeness (QED) is 0.624. The topological polar surface area (TPSA) is 87.6 Å². The van der Waals surface area contributed by atoms with Crippen molar-refractivity contribution in [3.8, 4) is 5.75 Å². The Hall–Kier alpha value is -3.06. The average Bonchev–Trinajstić information content (AvgIpc) is 3.20.